The number of benzene rings is 1. The molecule has 2 rings (SSSR count). The highest BCUT2D eigenvalue weighted by molar-refractivity contribution is 5.67. The maximum Gasteiger partial charge on any atom is 0.407 e. The molecule has 0 atom stereocenters. The number of alkyl carbamates (subject to hydrolysis) is 1. The van der Waals surface area contributed by atoms with Gasteiger partial charge in [0.05, 0.1) is 27.0 Å². The summed E-state index contributed by atoms with van der Waals surface area (Å²) in [6.07, 6.45) is 1.03. The van der Waals surface area contributed by atoms with Crippen LogP contribution in [0.2, 0.25) is 0 Å². The van der Waals surface area contributed by atoms with Crippen LogP contribution < -0.4 is 14.8 Å². The van der Waals surface area contributed by atoms with Crippen LogP contribution in [0.3, 0.4) is 0 Å². The van der Waals surface area contributed by atoms with Crippen molar-refractivity contribution in [3.05, 3.63) is 47.9 Å². The van der Waals surface area contributed by atoms with Crippen molar-refractivity contribution in [3.8, 4) is 11.5 Å². The fraction of sp³-hybridized carbons (Fsp3) is 0.267. The maximum absolute atomic E-state index is 11.6. The molecule has 112 valence electrons. The summed E-state index contributed by atoms with van der Waals surface area (Å²) in [6, 6.07) is 8.84. The molecule has 0 aliphatic rings. The number of carbonyl (C=O) groups is 1. The van der Waals surface area contributed by atoms with Crippen LogP contribution in [0.5, 0.6) is 11.5 Å². The Bertz CT molecular complexity index is 558. The molecule has 1 heterocycles. The van der Waals surface area contributed by atoms with Crippen molar-refractivity contribution in [2.75, 3.05) is 14.2 Å². The van der Waals surface area contributed by atoms with Gasteiger partial charge in [-0.1, -0.05) is 0 Å². The summed E-state index contributed by atoms with van der Waals surface area (Å²) in [5.74, 6) is 1.95. The van der Waals surface area contributed by atoms with Crippen molar-refractivity contribution in [1.82, 2.24) is 5.32 Å². The van der Waals surface area contributed by atoms with E-state index in [9.17, 15) is 4.79 Å². The van der Waals surface area contributed by atoms with Gasteiger partial charge in [-0.15, -0.1) is 0 Å². The van der Waals surface area contributed by atoms with Crippen LogP contribution in [-0.4, -0.2) is 20.3 Å². The highest BCUT2D eigenvalue weighted by atomic mass is 16.5. The SMILES string of the molecule is COc1cc(COC(=O)NCc2ccco2)cc(OC)c1. The van der Waals surface area contributed by atoms with Crippen molar-refractivity contribution >= 4 is 6.09 Å². The Morgan fingerprint density at radius 1 is 1.19 bits per heavy atom. The fourth-order valence-corrected chi connectivity index (χ4v) is 1.72. The smallest absolute Gasteiger partial charge is 0.407 e. The second-order valence-corrected chi connectivity index (χ2v) is 4.23. The molecule has 6 heteroatoms. The molecule has 0 unspecified atom stereocenters. The molecule has 1 amide bonds. The third-order valence-electron chi connectivity index (χ3n) is 2.77. The first-order valence-electron chi connectivity index (χ1n) is 6.36. The zero-order valence-electron chi connectivity index (χ0n) is 11.9. The maximum atomic E-state index is 11.6. The molecule has 0 saturated heterocycles. The Morgan fingerprint density at radius 2 is 1.90 bits per heavy atom. The Kier molecular flexibility index (Phi) is 5.09. The summed E-state index contributed by atoms with van der Waals surface area (Å²) in [5, 5.41) is 2.60. The third kappa shape index (κ3) is 4.45. The first-order chi connectivity index (χ1) is 10.2. The molecule has 2 aromatic rings. The Hall–Kier alpha value is -2.63. The number of nitrogens with one attached hydrogen (secondary N) is 1. The van der Waals surface area contributed by atoms with E-state index in [0.29, 0.717) is 17.3 Å². The molecule has 21 heavy (non-hydrogen) atoms. The van der Waals surface area contributed by atoms with Crippen LogP contribution in [-0.2, 0) is 17.9 Å². The zero-order valence-corrected chi connectivity index (χ0v) is 11.9. The number of amides is 1. The lowest BCUT2D eigenvalue weighted by Crippen LogP contribution is -2.23. The lowest BCUT2D eigenvalue weighted by Gasteiger charge is -2.09. The van der Waals surface area contributed by atoms with Gasteiger partial charge in [0.1, 0.15) is 23.9 Å². The van der Waals surface area contributed by atoms with Gasteiger partial charge in [-0.25, -0.2) is 4.79 Å². The molecule has 1 aromatic carbocycles. The number of hydrogen-bond donors (Lipinski definition) is 1. The number of hydrogen-bond acceptors (Lipinski definition) is 5. The lowest BCUT2D eigenvalue weighted by atomic mass is 10.2. The molecule has 1 N–H and O–H groups in total. The van der Waals surface area contributed by atoms with E-state index in [4.69, 9.17) is 18.6 Å². The normalized spacial score (nSPS) is 10.0. The average Bonchev–Trinajstić information content (AvgIpc) is 3.03. The number of furan rings is 1. The van der Waals surface area contributed by atoms with Crippen LogP contribution >= 0.6 is 0 Å². The summed E-state index contributed by atoms with van der Waals surface area (Å²) >= 11 is 0. The second kappa shape index (κ2) is 7.23. The van der Waals surface area contributed by atoms with E-state index in [0.717, 1.165) is 5.56 Å². The molecular weight excluding hydrogens is 274 g/mol. The van der Waals surface area contributed by atoms with Crippen LogP contribution in [0.25, 0.3) is 0 Å². The molecule has 1 aromatic heterocycles. The van der Waals surface area contributed by atoms with Crippen molar-refractivity contribution in [1.29, 1.82) is 0 Å². The van der Waals surface area contributed by atoms with E-state index in [1.165, 1.54) is 0 Å². The second-order valence-electron chi connectivity index (χ2n) is 4.23. The summed E-state index contributed by atoms with van der Waals surface area (Å²) < 4.78 is 20.5. The molecule has 0 bridgehead atoms. The number of ether oxygens (including phenoxy) is 3. The average molecular weight is 291 g/mol. The summed E-state index contributed by atoms with van der Waals surface area (Å²) in [6.45, 7) is 0.408. The van der Waals surface area contributed by atoms with Gasteiger partial charge >= 0.3 is 6.09 Å². The van der Waals surface area contributed by atoms with E-state index < -0.39 is 6.09 Å². The van der Waals surface area contributed by atoms with Crippen LogP contribution in [0.4, 0.5) is 4.79 Å². The predicted octanol–water partition coefficient (Wildman–Crippen LogP) is 2.72. The third-order valence-corrected chi connectivity index (χ3v) is 2.77. The minimum atomic E-state index is -0.520. The molecule has 0 fully saturated rings. The summed E-state index contributed by atoms with van der Waals surface area (Å²) in [4.78, 5) is 11.6. The Labute approximate surface area is 122 Å². The fourth-order valence-electron chi connectivity index (χ4n) is 1.72. The Balaban J connectivity index is 1.85. The minimum absolute atomic E-state index is 0.123. The van der Waals surface area contributed by atoms with Gasteiger partial charge < -0.3 is 23.9 Å². The molecule has 0 aliphatic carbocycles. The standard InChI is InChI=1S/C15H17NO5/c1-18-13-6-11(7-14(8-13)19-2)10-21-15(17)16-9-12-4-3-5-20-12/h3-8H,9-10H2,1-2H3,(H,16,17). The molecular formula is C15H17NO5. The van der Waals surface area contributed by atoms with E-state index in [1.807, 2.05) is 0 Å². The molecule has 0 radical (unpaired) electrons. The van der Waals surface area contributed by atoms with E-state index in [2.05, 4.69) is 5.32 Å². The Morgan fingerprint density at radius 3 is 2.48 bits per heavy atom. The van der Waals surface area contributed by atoms with Gasteiger partial charge in [0.2, 0.25) is 0 Å². The van der Waals surface area contributed by atoms with Gasteiger partial charge in [-0.2, -0.15) is 0 Å². The van der Waals surface area contributed by atoms with E-state index in [1.54, 1.807) is 50.8 Å². The van der Waals surface area contributed by atoms with Gasteiger partial charge in [-0.3, -0.25) is 0 Å². The number of methoxy groups -OCH3 is 2. The van der Waals surface area contributed by atoms with Crippen LogP contribution in [0.15, 0.2) is 41.0 Å². The van der Waals surface area contributed by atoms with Crippen molar-refractivity contribution < 1.29 is 23.4 Å². The number of rotatable bonds is 6. The monoisotopic (exact) mass is 291 g/mol. The highest BCUT2D eigenvalue weighted by Crippen LogP contribution is 2.22. The van der Waals surface area contributed by atoms with E-state index >= 15 is 0 Å². The van der Waals surface area contributed by atoms with Gasteiger partial charge in [0, 0.05) is 6.07 Å². The van der Waals surface area contributed by atoms with Crippen LogP contribution in [0.1, 0.15) is 11.3 Å². The zero-order chi connectivity index (χ0) is 15.1. The van der Waals surface area contributed by atoms with Crippen molar-refractivity contribution in [2.24, 2.45) is 0 Å². The molecule has 0 aliphatic heterocycles. The van der Waals surface area contributed by atoms with Crippen molar-refractivity contribution in [2.45, 2.75) is 13.2 Å². The van der Waals surface area contributed by atoms with Crippen LogP contribution in [0, 0.1) is 0 Å². The lowest BCUT2D eigenvalue weighted by molar-refractivity contribution is 0.138. The summed E-state index contributed by atoms with van der Waals surface area (Å²) in [7, 11) is 3.13. The first-order valence-corrected chi connectivity index (χ1v) is 6.36. The molecule has 0 spiro atoms. The highest BCUT2D eigenvalue weighted by Gasteiger charge is 2.06. The number of carbonyl (C=O) groups excluding carboxylic acids is 1. The van der Waals surface area contributed by atoms with Gasteiger partial charge in [-0.05, 0) is 29.8 Å². The van der Waals surface area contributed by atoms with Crippen molar-refractivity contribution in [3.63, 3.8) is 0 Å². The first kappa shape index (κ1) is 14.8. The summed E-state index contributed by atoms with van der Waals surface area (Å²) in [5.41, 5.74) is 0.777. The van der Waals surface area contributed by atoms with Gasteiger partial charge in [0.25, 0.3) is 0 Å². The minimum Gasteiger partial charge on any atom is -0.497 e. The topological polar surface area (TPSA) is 69.9 Å². The van der Waals surface area contributed by atoms with Gasteiger partial charge in [0.15, 0.2) is 0 Å². The molecule has 0 saturated carbocycles. The quantitative estimate of drug-likeness (QED) is 0.886. The predicted molar refractivity (Wildman–Crippen MR) is 75.3 cm³/mol. The van der Waals surface area contributed by atoms with E-state index in [-0.39, 0.29) is 13.2 Å². The largest absolute Gasteiger partial charge is 0.497 e. The molecule has 6 nitrogen and oxygen atoms in total.